The Morgan fingerprint density at radius 2 is 1.67 bits per heavy atom. The minimum Gasteiger partial charge on any atom is -0.457 e. The maximum atomic E-state index is 14.2. The second kappa shape index (κ2) is 15.7. The third kappa shape index (κ3) is 8.32. The molecule has 0 bridgehead atoms. The molecule has 0 spiro atoms. The summed E-state index contributed by atoms with van der Waals surface area (Å²) in [5.41, 5.74) is 0.812. The highest BCUT2D eigenvalue weighted by Crippen LogP contribution is 2.50. The molecule has 3 heterocycles. The third-order valence-corrected chi connectivity index (χ3v) is 9.76. The number of ether oxygens (including phenoxy) is 4. The fraction of sp³-hybridized carbons (Fsp3) is 0.605. The van der Waals surface area contributed by atoms with Gasteiger partial charge in [0.15, 0.2) is 0 Å². The van der Waals surface area contributed by atoms with Gasteiger partial charge < -0.3 is 34.1 Å². The molecule has 10 heteroatoms. The topological polar surface area (TPSA) is 107 Å². The molecule has 0 aliphatic carbocycles. The molecule has 0 unspecified atom stereocenters. The Morgan fingerprint density at radius 1 is 1.00 bits per heavy atom. The maximum Gasteiger partial charge on any atom is 0.410 e. The van der Waals surface area contributed by atoms with Gasteiger partial charge in [-0.3, -0.25) is 9.59 Å². The highest BCUT2D eigenvalue weighted by Gasteiger charge is 2.44. The number of methoxy groups -OCH3 is 1. The van der Waals surface area contributed by atoms with Crippen LogP contribution in [0, 0.1) is 11.8 Å². The lowest BCUT2D eigenvalue weighted by molar-refractivity contribution is -0.140. The number of amides is 3. The van der Waals surface area contributed by atoms with Crippen LogP contribution in [0.1, 0.15) is 77.3 Å². The lowest BCUT2D eigenvalue weighted by Crippen LogP contribution is -2.55. The second-order valence-corrected chi connectivity index (χ2v) is 14.4. The molecular weight excluding hydrogens is 610 g/mol. The summed E-state index contributed by atoms with van der Waals surface area (Å²) in [7, 11) is 1.71. The Bertz CT molecular complexity index is 1370. The molecule has 48 heavy (non-hydrogen) atoms. The van der Waals surface area contributed by atoms with E-state index in [1.54, 1.807) is 12.0 Å². The summed E-state index contributed by atoms with van der Waals surface area (Å²) in [6.07, 6.45) is 4.31. The van der Waals surface area contributed by atoms with E-state index >= 15 is 0 Å². The van der Waals surface area contributed by atoms with E-state index in [1.807, 2.05) is 69.0 Å². The van der Waals surface area contributed by atoms with Crippen molar-refractivity contribution in [3.63, 3.8) is 0 Å². The Morgan fingerprint density at radius 3 is 2.27 bits per heavy atom. The van der Waals surface area contributed by atoms with Gasteiger partial charge in [-0.05, 0) is 78.4 Å². The number of fused-ring (bicyclic) bond motifs is 2. The van der Waals surface area contributed by atoms with Crippen LogP contribution in [0.2, 0.25) is 0 Å². The number of unbranched alkanes of at least 4 members (excludes halogenated alkanes) is 1. The van der Waals surface area contributed by atoms with Gasteiger partial charge in [0, 0.05) is 69.6 Å². The van der Waals surface area contributed by atoms with Gasteiger partial charge in [-0.15, -0.1) is 0 Å². The summed E-state index contributed by atoms with van der Waals surface area (Å²) >= 11 is 0. The summed E-state index contributed by atoms with van der Waals surface area (Å²) in [4.78, 5) is 44.9. The highest BCUT2D eigenvalue weighted by atomic mass is 16.6. The van der Waals surface area contributed by atoms with Gasteiger partial charge in [0.1, 0.15) is 17.1 Å². The van der Waals surface area contributed by atoms with Crippen molar-refractivity contribution in [1.29, 1.82) is 0 Å². The van der Waals surface area contributed by atoms with E-state index in [-0.39, 0.29) is 31.0 Å². The predicted octanol–water partition coefficient (Wildman–Crippen LogP) is 5.91. The van der Waals surface area contributed by atoms with Crippen molar-refractivity contribution >= 4 is 17.9 Å². The molecule has 10 nitrogen and oxygen atoms in total. The number of hydrogen-bond acceptors (Lipinski definition) is 7. The van der Waals surface area contributed by atoms with Crippen LogP contribution in [0.5, 0.6) is 11.5 Å². The third-order valence-electron chi connectivity index (χ3n) is 9.76. The van der Waals surface area contributed by atoms with Crippen molar-refractivity contribution in [2.45, 2.75) is 83.3 Å². The highest BCUT2D eigenvalue weighted by molar-refractivity contribution is 5.84. The number of likely N-dealkylation sites (tertiary alicyclic amines) is 1. The summed E-state index contributed by atoms with van der Waals surface area (Å²) in [6, 6.07) is 16.1. The standard InChI is InChI=1S/C38H53N3O7/c1-6-40(25-29-14-13-21-46-29)35(43)28-22-27(23-41(24-28)36(44)48-37(2,3)4)34(42)39-26-38(19-11-12-20-45-5)30-15-7-9-17-32(30)47-33-18-10-8-16-31(33)38/h7-10,15-18,27-29H,6,11-14,19-26H2,1-5H3,(H,39,42)/t27-,28+,29+/m0/s1. The first kappa shape index (κ1) is 35.7. The Hall–Kier alpha value is -3.63. The first-order chi connectivity index (χ1) is 23.0. The number of benzene rings is 2. The molecule has 0 saturated carbocycles. The quantitative estimate of drug-likeness (QED) is 0.282. The number of piperidine rings is 1. The zero-order valence-corrected chi connectivity index (χ0v) is 29.3. The summed E-state index contributed by atoms with van der Waals surface area (Å²) in [5.74, 6) is 0.209. The summed E-state index contributed by atoms with van der Waals surface area (Å²) in [5, 5.41) is 3.31. The van der Waals surface area contributed by atoms with E-state index in [1.165, 1.54) is 0 Å². The first-order valence-corrected chi connectivity index (χ1v) is 17.6. The molecule has 3 aliphatic rings. The zero-order valence-electron chi connectivity index (χ0n) is 29.3. The van der Waals surface area contributed by atoms with Gasteiger partial charge in [-0.1, -0.05) is 36.4 Å². The van der Waals surface area contributed by atoms with Crippen molar-refractivity contribution in [3.8, 4) is 11.5 Å². The van der Waals surface area contributed by atoms with Crippen LogP contribution in [-0.4, -0.2) is 92.5 Å². The molecule has 5 rings (SSSR count). The fourth-order valence-electron chi connectivity index (χ4n) is 7.38. The molecule has 2 saturated heterocycles. The van der Waals surface area contributed by atoms with E-state index in [0.717, 1.165) is 54.7 Å². The predicted molar refractivity (Wildman–Crippen MR) is 183 cm³/mol. The van der Waals surface area contributed by atoms with E-state index in [9.17, 15) is 14.4 Å². The van der Waals surface area contributed by atoms with Gasteiger partial charge in [0.05, 0.1) is 17.9 Å². The van der Waals surface area contributed by atoms with Crippen LogP contribution in [-0.2, 0) is 29.2 Å². The van der Waals surface area contributed by atoms with E-state index < -0.39 is 28.9 Å². The minimum atomic E-state index is -0.708. The lowest BCUT2D eigenvalue weighted by atomic mass is 9.69. The Labute approximate surface area is 285 Å². The van der Waals surface area contributed by atoms with Crippen molar-refractivity contribution in [1.82, 2.24) is 15.1 Å². The van der Waals surface area contributed by atoms with E-state index in [2.05, 4.69) is 17.4 Å². The maximum absolute atomic E-state index is 14.2. The van der Waals surface area contributed by atoms with Gasteiger partial charge in [-0.2, -0.15) is 0 Å². The van der Waals surface area contributed by atoms with Gasteiger partial charge in [0.2, 0.25) is 11.8 Å². The number of carbonyl (C=O) groups is 3. The Balaban J connectivity index is 1.40. The van der Waals surface area contributed by atoms with Gasteiger partial charge in [-0.25, -0.2) is 4.79 Å². The number of rotatable bonds is 12. The van der Waals surface area contributed by atoms with Crippen molar-refractivity contribution < 1.29 is 33.3 Å². The second-order valence-electron chi connectivity index (χ2n) is 14.4. The van der Waals surface area contributed by atoms with Crippen molar-refractivity contribution in [3.05, 3.63) is 59.7 Å². The number of hydrogen-bond donors (Lipinski definition) is 1. The summed E-state index contributed by atoms with van der Waals surface area (Å²) in [6.45, 7) is 10.6. The number of carbonyl (C=O) groups excluding carboxylic acids is 3. The monoisotopic (exact) mass is 663 g/mol. The smallest absolute Gasteiger partial charge is 0.410 e. The largest absolute Gasteiger partial charge is 0.457 e. The molecule has 262 valence electrons. The molecule has 3 atom stereocenters. The van der Waals surface area contributed by atoms with Crippen LogP contribution in [0.25, 0.3) is 0 Å². The number of nitrogens with one attached hydrogen (secondary N) is 1. The molecule has 0 aromatic heterocycles. The van der Waals surface area contributed by atoms with Gasteiger partial charge >= 0.3 is 6.09 Å². The fourth-order valence-corrected chi connectivity index (χ4v) is 7.38. The van der Waals surface area contributed by atoms with Crippen molar-refractivity contribution in [2.75, 3.05) is 53.0 Å². The number of nitrogens with zero attached hydrogens (tertiary/aromatic N) is 2. The normalized spacial score (nSPS) is 21.4. The van der Waals surface area contributed by atoms with E-state index in [4.69, 9.17) is 18.9 Å². The average Bonchev–Trinajstić information content (AvgIpc) is 3.60. The average molecular weight is 664 g/mol. The van der Waals surface area contributed by atoms with Crippen LogP contribution < -0.4 is 10.1 Å². The summed E-state index contributed by atoms with van der Waals surface area (Å²) < 4.78 is 23.3. The lowest BCUT2D eigenvalue weighted by Gasteiger charge is -2.42. The van der Waals surface area contributed by atoms with Crippen LogP contribution in [0.4, 0.5) is 4.79 Å². The number of likely N-dealkylation sites (N-methyl/N-ethyl adjacent to an activating group) is 1. The minimum absolute atomic E-state index is 0.0175. The zero-order chi connectivity index (χ0) is 34.3. The first-order valence-electron chi connectivity index (χ1n) is 17.6. The van der Waals surface area contributed by atoms with Crippen LogP contribution in [0.3, 0.4) is 0 Å². The molecule has 3 amide bonds. The van der Waals surface area contributed by atoms with Crippen LogP contribution in [0.15, 0.2) is 48.5 Å². The Kier molecular flexibility index (Phi) is 11.7. The molecular formula is C38H53N3O7. The molecule has 1 N–H and O–H groups in total. The molecule has 3 aliphatic heterocycles. The van der Waals surface area contributed by atoms with E-state index in [0.29, 0.717) is 39.3 Å². The molecule has 0 radical (unpaired) electrons. The molecule has 2 fully saturated rings. The SMILES string of the molecule is CCN(C[C@H]1CCCO1)C(=O)[C@@H]1C[C@H](C(=O)NCC2(CCCCOC)c3ccccc3Oc3ccccc32)CN(C(=O)OC(C)(C)C)C1. The van der Waals surface area contributed by atoms with Gasteiger partial charge in [0.25, 0.3) is 0 Å². The molecule has 2 aromatic carbocycles. The number of para-hydroxylation sites is 2. The van der Waals surface area contributed by atoms with Crippen LogP contribution >= 0.6 is 0 Å². The molecule has 2 aromatic rings. The van der Waals surface area contributed by atoms with Crippen molar-refractivity contribution in [2.24, 2.45) is 11.8 Å².